The van der Waals surface area contributed by atoms with Gasteiger partial charge in [0.05, 0.1) is 10.6 Å². The number of nitrogen functional groups attached to an aromatic ring is 1. The summed E-state index contributed by atoms with van der Waals surface area (Å²) in [6.45, 7) is 1.23. The molecule has 21 heavy (non-hydrogen) atoms. The summed E-state index contributed by atoms with van der Waals surface area (Å²) in [6, 6.07) is 10.8. The molecular formula is C16H14Cl2N2O. The summed E-state index contributed by atoms with van der Waals surface area (Å²) in [4.78, 5) is 14.4. The van der Waals surface area contributed by atoms with Crippen molar-refractivity contribution in [2.45, 2.75) is 13.0 Å². The molecule has 0 saturated carbocycles. The molecule has 2 aromatic rings. The quantitative estimate of drug-likeness (QED) is 0.813. The van der Waals surface area contributed by atoms with Gasteiger partial charge in [-0.15, -0.1) is 0 Å². The van der Waals surface area contributed by atoms with Crippen molar-refractivity contribution in [3.63, 3.8) is 0 Å². The Balaban J connectivity index is 1.87. The van der Waals surface area contributed by atoms with Crippen LogP contribution in [0.4, 0.5) is 5.69 Å². The fourth-order valence-electron chi connectivity index (χ4n) is 2.58. The molecule has 1 heterocycles. The predicted molar refractivity (Wildman–Crippen MR) is 85.8 cm³/mol. The highest BCUT2D eigenvalue weighted by molar-refractivity contribution is 6.36. The van der Waals surface area contributed by atoms with Crippen LogP contribution >= 0.6 is 23.2 Å². The molecule has 2 aromatic carbocycles. The van der Waals surface area contributed by atoms with Gasteiger partial charge in [-0.1, -0.05) is 29.3 Å². The van der Waals surface area contributed by atoms with Crippen molar-refractivity contribution in [2.24, 2.45) is 0 Å². The molecular weight excluding hydrogens is 307 g/mol. The van der Waals surface area contributed by atoms with Gasteiger partial charge in [0.15, 0.2) is 0 Å². The molecule has 0 spiro atoms. The molecule has 0 radical (unpaired) electrons. The first-order valence-corrected chi connectivity index (χ1v) is 7.42. The molecule has 0 fully saturated rings. The molecule has 1 aliphatic heterocycles. The van der Waals surface area contributed by atoms with Crippen LogP contribution in [0.1, 0.15) is 21.5 Å². The first kappa shape index (κ1) is 14.2. The molecule has 3 nitrogen and oxygen atoms in total. The maximum Gasteiger partial charge on any atom is 0.255 e. The van der Waals surface area contributed by atoms with E-state index in [9.17, 15) is 4.79 Å². The van der Waals surface area contributed by atoms with Gasteiger partial charge in [0.1, 0.15) is 0 Å². The summed E-state index contributed by atoms with van der Waals surface area (Å²) >= 11 is 12.0. The van der Waals surface area contributed by atoms with Crippen molar-refractivity contribution in [3.05, 3.63) is 63.1 Å². The molecule has 0 atom stereocenters. The molecule has 0 aromatic heterocycles. The number of amides is 1. The van der Waals surface area contributed by atoms with E-state index >= 15 is 0 Å². The molecule has 2 N–H and O–H groups in total. The Labute approximate surface area is 133 Å². The third-order valence-corrected chi connectivity index (χ3v) is 4.24. The minimum absolute atomic E-state index is 0.0789. The van der Waals surface area contributed by atoms with Crippen LogP contribution in [0, 0.1) is 0 Å². The van der Waals surface area contributed by atoms with E-state index in [2.05, 4.69) is 0 Å². The summed E-state index contributed by atoms with van der Waals surface area (Å²) in [6.07, 6.45) is 0.826. The second-order valence-electron chi connectivity index (χ2n) is 5.13. The SMILES string of the molecule is Nc1ccc2c(c1)CN(C(=O)c1ccc(Cl)cc1Cl)CC2. The lowest BCUT2D eigenvalue weighted by atomic mass is 9.98. The maximum atomic E-state index is 12.6. The van der Waals surface area contributed by atoms with Gasteiger partial charge in [-0.05, 0) is 47.9 Å². The lowest BCUT2D eigenvalue weighted by Gasteiger charge is -2.29. The van der Waals surface area contributed by atoms with Crippen LogP contribution in [0.15, 0.2) is 36.4 Å². The predicted octanol–water partition coefficient (Wildman–Crippen LogP) is 3.77. The standard InChI is InChI=1S/C16H14Cl2N2O/c17-12-2-4-14(15(18)8-12)16(21)20-6-5-10-1-3-13(19)7-11(10)9-20/h1-4,7-8H,5-6,9,19H2. The molecule has 1 aliphatic rings. The van der Waals surface area contributed by atoms with Crippen molar-refractivity contribution in [1.29, 1.82) is 0 Å². The second kappa shape index (κ2) is 5.58. The Hall–Kier alpha value is -1.71. The van der Waals surface area contributed by atoms with E-state index in [0.717, 1.165) is 12.0 Å². The number of carbonyl (C=O) groups is 1. The normalized spacial score (nSPS) is 13.9. The van der Waals surface area contributed by atoms with Gasteiger partial charge in [0.2, 0.25) is 0 Å². The fourth-order valence-corrected chi connectivity index (χ4v) is 3.07. The van der Waals surface area contributed by atoms with Crippen LogP contribution in [0.5, 0.6) is 0 Å². The number of carbonyl (C=O) groups excluding carboxylic acids is 1. The van der Waals surface area contributed by atoms with Crippen LogP contribution < -0.4 is 5.73 Å². The van der Waals surface area contributed by atoms with E-state index in [1.807, 2.05) is 18.2 Å². The zero-order valence-corrected chi connectivity index (χ0v) is 12.8. The zero-order valence-electron chi connectivity index (χ0n) is 11.3. The van der Waals surface area contributed by atoms with Gasteiger partial charge in [0.25, 0.3) is 5.91 Å². The molecule has 1 amide bonds. The lowest BCUT2D eigenvalue weighted by Crippen LogP contribution is -2.36. The van der Waals surface area contributed by atoms with Gasteiger partial charge in [0, 0.05) is 23.8 Å². The number of benzene rings is 2. The van der Waals surface area contributed by atoms with Crippen molar-refractivity contribution >= 4 is 34.8 Å². The van der Waals surface area contributed by atoms with E-state index < -0.39 is 0 Å². The minimum atomic E-state index is -0.0789. The Morgan fingerprint density at radius 1 is 1.10 bits per heavy atom. The molecule has 0 bridgehead atoms. The average molecular weight is 321 g/mol. The molecule has 0 saturated heterocycles. The Morgan fingerprint density at radius 2 is 1.90 bits per heavy atom. The highest BCUT2D eigenvalue weighted by Crippen LogP contribution is 2.26. The first-order valence-electron chi connectivity index (χ1n) is 6.66. The number of hydrogen-bond donors (Lipinski definition) is 1. The van der Waals surface area contributed by atoms with Crippen LogP contribution in [0.25, 0.3) is 0 Å². The maximum absolute atomic E-state index is 12.6. The van der Waals surface area contributed by atoms with Crippen molar-refractivity contribution in [1.82, 2.24) is 4.90 Å². The van der Waals surface area contributed by atoms with Crippen molar-refractivity contribution in [2.75, 3.05) is 12.3 Å². The van der Waals surface area contributed by atoms with Crippen LogP contribution in [-0.4, -0.2) is 17.4 Å². The Kier molecular flexibility index (Phi) is 3.79. The minimum Gasteiger partial charge on any atom is -0.399 e. The summed E-state index contributed by atoms with van der Waals surface area (Å²) < 4.78 is 0. The van der Waals surface area contributed by atoms with Crippen molar-refractivity contribution < 1.29 is 4.79 Å². The van der Waals surface area contributed by atoms with Gasteiger partial charge in [-0.3, -0.25) is 4.79 Å². The fraction of sp³-hybridized carbons (Fsp3) is 0.188. The van der Waals surface area contributed by atoms with Gasteiger partial charge in [-0.2, -0.15) is 0 Å². The van der Waals surface area contributed by atoms with E-state index in [4.69, 9.17) is 28.9 Å². The summed E-state index contributed by atoms with van der Waals surface area (Å²) in [5, 5.41) is 0.902. The summed E-state index contributed by atoms with van der Waals surface area (Å²) in [7, 11) is 0. The number of rotatable bonds is 1. The third-order valence-electron chi connectivity index (χ3n) is 3.69. The Morgan fingerprint density at radius 3 is 2.67 bits per heavy atom. The van der Waals surface area contributed by atoms with Crippen LogP contribution in [0.3, 0.4) is 0 Å². The van der Waals surface area contributed by atoms with E-state index in [1.165, 1.54) is 5.56 Å². The topological polar surface area (TPSA) is 46.3 Å². The third kappa shape index (κ3) is 2.85. The molecule has 5 heteroatoms. The lowest BCUT2D eigenvalue weighted by molar-refractivity contribution is 0.0735. The molecule has 3 rings (SSSR count). The summed E-state index contributed by atoms with van der Waals surface area (Å²) in [5.41, 5.74) is 9.35. The first-order chi connectivity index (χ1) is 10.0. The largest absolute Gasteiger partial charge is 0.399 e. The van der Waals surface area contributed by atoms with Crippen molar-refractivity contribution in [3.8, 4) is 0 Å². The zero-order chi connectivity index (χ0) is 15.0. The number of nitrogens with zero attached hydrogens (tertiary/aromatic N) is 1. The number of anilines is 1. The molecule has 0 aliphatic carbocycles. The average Bonchev–Trinajstić information content (AvgIpc) is 2.46. The van der Waals surface area contributed by atoms with Crippen LogP contribution in [0.2, 0.25) is 10.0 Å². The smallest absolute Gasteiger partial charge is 0.255 e. The van der Waals surface area contributed by atoms with Gasteiger partial charge in [-0.25, -0.2) is 0 Å². The van der Waals surface area contributed by atoms with Gasteiger partial charge >= 0.3 is 0 Å². The number of nitrogens with two attached hydrogens (primary N) is 1. The monoisotopic (exact) mass is 320 g/mol. The number of halogens is 2. The van der Waals surface area contributed by atoms with Crippen LogP contribution in [-0.2, 0) is 13.0 Å². The highest BCUT2D eigenvalue weighted by atomic mass is 35.5. The van der Waals surface area contributed by atoms with Gasteiger partial charge < -0.3 is 10.6 Å². The number of fused-ring (bicyclic) bond motifs is 1. The Bertz CT molecular complexity index is 715. The summed E-state index contributed by atoms with van der Waals surface area (Å²) in [5.74, 6) is -0.0789. The van der Waals surface area contributed by atoms with E-state index in [-0.39, 0.29) is 5.91 Å². The molecule has 108 valence electrons. The van der Waals surface area contributed by atoms with E-state index in [0.29, 0.717) is 34.4 Å². The second-order valence-corrected chi connectivity index (χ2v) is 5.97. The number of hydrogen-bond acceptors (Lipinski definition) is 2. The highest BCUT2D eigenvalue weighted by Gasteiger charge is 2.23. The molecule has 0 unspecified atom stereocenters. The van der Waals surface area contributed by atoms with E-state index in [1.54, 1.807) is 23.1 Å².